The van der Waals surface area contributed by atoms with Gasteiger partial charge in [-0.25, -0.2) is 0 Å². The number of carbonyl (C=O) groups excluding carboxylic acids is 1. The highest BCUT2D eigenvalue weighted by atomic mass is 16.8. The van der Waals surface area contributed by atoms with Crippen molar-refractivity contribution < 1.29 is 28.5 Å². The van der Waals surface area contributed by atoms with Crippen molar-refractivity contribution in [2.45, 2.75) is 107 Å². The van der Waals surface area contributed by atoms with Gasteiger partial charge >= 0.3 is 0 Å². The summed E-state index contributed by atoms with van der Waals surface area (Å²) in [7, 11) is 0. The van der Waals surface area contributed by atoms with Gasteiger partial charge in [0, 0.05) is 25.7 Å². The van der Waals surface area contributed by atoms with E-state index in [9.17, 15) is 4.79 Å². The molecule has 0 aromatic heterocycles. The monoisotopic (exact) mass is 366 g/mol. The van der Waals surface area contributed by atoms with E-state index in [4.69, 9.17) is 23.7 Å². The molecule has 0 aromatic carbocycles. The van der Waals surface area contributed by atoms with E-state index in [1.54, 1.807) is 0 Å². The van der Waals surface area contributed by atoms with Crippen molar-refractivity contribution in [2.75, 3.05) is 13.2 Å². The molecule has 2 aliphatic carbocycles. The highest BCUT2D eigenvalue weighted by Crippen LogP contribution is 2.48. The topological polar surface area (TPSA) is 63.2 Å². The van der Waals surface area contributed by atoms with Crippen molar-refractivity contribution in [3.8, 4) is 0 Å². The van der Waals surface area contributed by atoms with Crippen LogP contribution in [0.2, 0.25) is 0 Å². The standard InChI is InChI=1S/C20H30O6/c21-17-16-15(24-19(25-16)11-7-3-4-8-12-19)13-22-20(17)14-23-18(26-20)9-5-1-2-6-10-18/h15-16H,1-14H2/t15-,16?,20+/m1/s1. The van der Waals surface area contributed by atoms with Gasteiger partial charge in [-0.1, -0.05) is 25.7 Å². The Morgan fingerprint density at radius 2 is 1.35 bits per heavy atom. The largest absolute Gasteiger partial charge is 0.344 e. The van der Waals surface area contributed by atoms with E-state index >= 15 is 0 Å². The quantitative estimate of drug-likeness (QED) is 0.656. The molecule has 0 radical (unpaired) electrons. The van der Waals surface area contributed by atoms with Crippen LogP contribution in [0.25, 0.3) is 0 Å². The Labute approximate surface area is 154 Å². The molecule has 3 spiro atoms. The Bertz CT molecular complexity index is 533. The van der Waals surface area contributed by atoms with E-state index in [1.165, 1.54) is 25.7 Å². The van der Waals surface area contributed by atoms with Gasteiger partial charge in [0.25, 0.3) is 5.79 Å². The fourth-order valence-corrected chi connectivity index (χ4v) is 5.32. The third-order valence-corrected chi connectivity index (χ3v) is 6.77. The minimum Gasteiger partial charge on any atom is -0.344 e. The fourth-order valence-electron chi connectivity index (χ4n) is 5.32. The first-order valence-corrected chi connectivity index (χ1v) is 10.5. The predicted molar refractivity (Wildman–Crippen MR) is 91.3 cm³/mol. The summed E-state index contributed by atoms with van der Waals surface area (Å²) in [6.07, 6.45) is 11.6. The molecule has 3 heterocycles. The maximum absolute atomic E-state index is 13.3. The number of rotatable bonds is 0. The van der Waals surface area contributed by atoms with Gasteiger partial charge in [0.2, 0.25) is 5.78 Å². The number of fused-ring (bicyclic) bond motifs is 1. The number of hydrogen-bond donors (Lipinski definition) is 0. The molecule has 0 amide bonds. The van der Waals surface area contributed by atoms with Crippen molar-refractivity contribution >= 4 is 5.78 Å². The Balaban J connectivity index is 1.34. The summed E-state index contributed by atoms with van der Waals surface area (Å²) >= 11 is 0. The van der Waals surface area contributed by atoms with Crippen molar-refractivity contribution in [1.29, 1.82) is 0 Å². The average Bonchev–Trinajstić information content (AvgIpc) is 2.96. The lowest BCUT2D eigenvalue weighted by Gasteiger charge is -2.36. The van der Waals surface area contributed by atoms with Crippen LogP contribution in [0.1, 0.15) is 77.0 Å². The van der Waals surface area contributed by atoms with E-state index in [2.05, 4.69) is 0 Å². The van der Waals surface area contributed by atoms with E-state index in [1.807, 2.05) is 0 Å². The SMILES string of the molecule is O=C1C2OC3(CCCCCC3)O[C@@H]2CO[C@]12COC1(CCCCCC1)O2. The molecule has 0 bridgehead atoms. The molecule has 2 saturated carbocycles. The Kier molecular flexibility index (Phi) is 4.40. The molecule has 5 aliphatic rings. The second kappa shape index (κ2) is 6.52. The second-order valence-corrected chi connectivity index (χ2v) is 8.66. The zero-order chi connectivity index (χ0) is 17.7. The van der Waals surface area contributed by atoms with Crippen LogP contribution >= 0.6 is 0 Å². The van der Waals surface area contributed by atoms with Gasteiger partial charge in [0.15, 0.2) is 17.7 Å². The summed E-state index contributed by atoms with van der Waals surface area (Å²) in [5.74, 6) is -2.70. The Morgan fingerprint density at radius 1 is 0.731 bits per heavy atom. The van der Waals surface area contributed by atoms with Gasteiger partial charge < -0.3 is 23.7 Å². The van der Waals surface area contributed by atoms with Gasteiger partial charge in [-0.05, 0) is 25.7 Å². The van der Waals surface area contributed by atoms with E-state index in [0.29, 0.717) is 6.61 Å². The number of carbonyl (C=O) groups is 1. The molecular formula is C20H30O6. The normalized spacial score (nSPS) is 42.1. The van der Waals surface area contributed by atoms with Crippen LogP contribution in [-0.2, 0) is 28.5 Å². The number of Topliss-reactive ketones (excluding diaryl/α,β-unsaturated/α-hetero) is 1. The molecular weight excluding hydrogens is 336 g/mol. The second-order valence-electron chi connectivity index (χ2n) is 8.66. The molecule has 3 aliphatic heterocycles. The molecule has 1 unspecified atom stereocenters. The van der Waals surface area contributed by atoms with Crippen molar-refractivity contribution in [3.63, 3.8) is 0 Å². The minimum absolute atomic E-state index is 0.143. The summed E-state index contributed by atoms with van der Waals surface area (Å²) in [4.78, 5) is 13.3. The van der Waals surface area contributed by atoms with E-state index in [-0.39, 0.29) is 18.5 Å². The van der Waals surface area contributed by atoms with Gasteiger partial charge in [-0.3, -0.25) is 4.79 Å². The molecule has 146 valence electrons. The fraction of sp³-hybridized carbons (Fsp3) is 0.950. The third kappa shape index (κ3) is 2.85. The lowest BCUT2D eigenvalue weighted by molar-refractivity contribution is -0.275. The molecule has 0 N–H and O–H groups in total. The van der Waals surface area contributed by atoms with Crippen LogP contribution < -0.4 is 0 Å². The molecule has 6 nitrogen and oxygen atoms in total. The summed E-state index contributed by atoms with van der Waals surface area (Å²) in [5.41, 5.74) is 0. The molecule has 0 aromatic rings. The highest BCUT2D eigenvalue weighted by molar-refractivity contribution is 5.92. The molecule has 5 rings (SSSR count). The van der Waals surface area contributed by atoms with Crippen LogP contribution in [0, 0.1) is 0 Å². The van der Waals surface area contributed by atoms with Gasteiger partial charge in [0.1, 0.15) is 12.7 Å². The first-order valence-electron chi connectivity index (χ1n) is 10.5. The summed E-state index contributed by atoms with van der Waals surface area (Å²) in [5, 5.41) is 0. The average molecular weight is 366 g/mol. The Hall–Kier alpha value is -0.530. The van der Waals surface area contributed by atoms with Gasteiger partial charge in [-0.2, -0.15) is 0 Å². The molecule has 5 fully saturated rings. The van der Waals surface area contributed by atoms with Gasteiger partial charge in [-0.15, -0.1) is 0 Å². The number of ether oxygens (including phenoxy) is 5. The maximum Gasteiger partial charge on any atom is 0.258 e. The smallest absolute Gasteiger partial charge is 0.258 e. The first kappa shape index (κ1) is 17.6. The van der Waals surface area contributed by atoms with Crippen LogP contribution in [0.3, 0.4) is 0 Å². The summed E-state index contributed by atoms with van der Waals surface area (Å²) < 4.78 is 30.9. The lowest BCUT2D eigenvalue weighted by Crippen LogP contribution is -2.59. The predicted octanol–water partition coefficient (Wildman–Crippen LogP) is 3.21. The van der Waals surface area contributed by atoms with Crippen molar-refractivity contribution in [2.24, 2.45) is 0 Å². The third-order valence-electron chi connectivity index (χ3n) is 6.77. The molecule has 26 heavy (non-hydrogen) atoms. The van der Waals surface area contributed by atoms with Crippen LogP contribution in [0.4, 0.5) is 0 Å². The zero-order valence-corrected chi connectivity index (χ0v) is 15.5. The minimum atomic E-state index is -1.30. The number of hydrogen-bond acceptors (Lipinski definition) is 6. The van der Waals surface area contributed by atoms with Crippen LogP contribution in [-0.4, -0.2) is 48.6 Å². The van der Waals surface area contributed by atoms with Crippen molar-refractivity contribution in [3.05, 3.63) is 0 Å². The summed E-state index contributed by atoms with van der Waals surface area (Å²) in [6, 6.07) is 0. The Morgan fingerprint density at radius 3 is 2.00 bits per heavy atom. The van der Waals surface area contributed by atoms with Crippen molar-refractivity contribution in [1.82, 2.24) is 0 Å². The summed E-state index contributed by atoms with van der Waals surface area (Å²) in [6.45, 7) is 0.503. The molecule has 3 atom stereocenters. The van der Waals surface area contributed by atoms with Crippen LogP contribution in [0.5, 0.6) is 0 Å². The number of ketones is 1. The maximum atomic E-state index is 13.3. The lowest BCUT2D eigenvalue weighted by atomic mass is 9.99. The van der Waals surface area contributed by atoms with Gasteiger partial charge in [0.05, 0.1) is 6.61 Å². The molecule has 3 saturated heterocycles. The molecule has 6 heteroatoms. The zero-order valence-electron chi connectivity index (χ0n) is 15.5. The van der Waals surface area contributed by atoms with Crippen LogP contribution in [0.15, 0.2) is 0 Å². The van der Waals surface area contributed by atoms with E-state index < -0.39 is 23.5 Å². The highest BCUT2D eigenvalue weighted by Gasteiger charge is 2.64. The first-order chi connectivity index (χ1) is 12.6. The van der Waals surface area contributed by atoms with E-state index in [0.717, 1.165) is 51.4 Å².